The summed E-state index contributed by atoms with van der Waals surface area (Å²) >= 11 is 3.49. The van der Waals surface area contributed by atoms with Gasteiger partial charge in [-0.25, -0.2) is 0 Å². The van der Waals surface area contributed by atoms with Crippen molar-refractivity contribution in [3.63, 3.8) is 0 Å². The minimum absolute atomic E-state index is 0.118. The minimum atomic E-state index is -0.239. The third-order valence-electron chi connectivity index (χ3n) is 1.89. The highest BCUT2D eigenvalue weighted by Gasteiger charge is 2.24. The SMILES string of the molecule is COC(=O)CC(OC)C(Br)C(C)C. The molecule has 0 spiro atoms. The van der Waals surface area contributed by atoms with Crippen LogP contribution < -0.4 is 0 Å². The number of methoxy groups -OCH3 is 2. The molecule has 0 aromatic carbocycles. The van der Waals surface area contributed by atoms with E-state index in [0.29, 0.717) is 12.3 Å². The number of halogens is 1. The largest absolute Gasteiger partial charge is 0.469 e. The molecule has 0 saturated heterocycles. The van der Waals surface area contributed by atoms with E-state index in [1.165, 1.54) is 7.11 Å². The zero-order chi connectivity index (χ0) is 10.4. The van der Waals surface area contributed by atoms with Gasteiger partial charge in [-0.1, -0.05) is 29.8 Å². The molecule has 0 saturated carbocycles. The molecule has 2 atom stereocenters. The molecule has 0 aromatic rings. The first-order valence-electron chi connectivity index (χ1n) is 4.26. The predicted octanol–water partition coefficient (Wildman–Crippen LogP) is 1.98. The zero-order valence-electron chi connectivity index (χ0n) is 8.54. The molecule has 0 amide bonds. The Morgan fingerprint density at radius 3 is 2.23 bits per heavy atom. The van der Waals surface area contributed by atoms with Crippen molar-refractivity contribution in [2.24, 2.45) is 5.92 Å². The van der Waals surface area contributed by atoms with Crippen molar-refractivity contribution in [1.29, 1.82) is 0 Å². The molecule has 0 rings (SSSR count). The Labute approximate surface area is 87.9 Å². The van der Waals surface area contributed by atoms with Crippen molar-refractivity contribution < 1.29 is 14.3 Å². The van der Waals surface area contributed by atoms with E-state index in [2.05, 4.69) is 34.5 Å². The standard InChI is InChI=1S/C9H17BrO3/c1-6(2)9(10)7(12-3)5-8(11)13-4/h6-7,9H,5H2,1-4H3. The Hall–Kier alpha value is -0.0900. The zero-order valence-corrected chi connectivity index (χ0v) is 10.1. The molecule has 2 unspecified atom stereocenters. The lowest BCUT2D eigenvalue weighted by Crippen LogP contribution is -2.30. The van der Waals surface area contributed by atoms with Crippen molar-refractivity contribution in [2.75, 3.05) is 14.2 Å². The average Bonchev–Trinajstić information content (AvgIpc) is 2.12. The predicted molar refractivity (Wildman–Crippen MR) is 55.0 cm³/mol. The first kappa shape index (κ1) is 12.9. The van der Waals surface area contributed by atoms with E-state index in [1.807, 2.05) is 0 Å². The lowest BCUT2D eigenvalue weighted by molar-refractivity contribution is -0.143. The first-order valence-corrected chi connectivity index (χ1v) is 5.18. The molecule has 0 heterocycles. The average molecular weight is 253 g/mol. The van der Waals surface area contributed by atoms with Gasteiger partial charge in [-0.05, 0) is 5.92 Å². The lowest BCUT2D eigenvalue weighted by Gasteiger charge is -2.22. The fourth-order valence-electron chi connectivity index (χ4n) is 1.00. The highest BCUT2D eigenvalue weighted by atomic mass is 79.9. The van der Waals surface area contributed by atoms with Crippen molar-refractivity contribution in [3.8, 4) is 0 Å². The number of hydrogen-bond acceptors (Lipinski definition) is 3. The van der Waals surface area contributed by atoms with Crippen molar-refractivity contribution in [3.05, 3.63) is 0 Å². The summed E-state index contributed by atoms with van der Waals surface area (Å²) in [6.07, 6.45) is 0.175. The van der Waals surface area contributed by atoms with E-state index < -0.39 is 0 Å². The number of hydrogen-bond donors (Lipinski definition) is 0. The maximum Gasteiger partial charge on any atom is 0.308 e. The van der Waals surface area contributed by atoms with Crippen molar-refractivity contribution >= 4 is 21.9 Å². The van der Waals surface area contributed by atoms with E-state index in [4.69, 9.17) is 4.74 Å². The van der Waals surface area contributed by atoms with Crippen LogP contribution in [0, 0.1) is 5.92 Å². The van der Waals surface area contributed by atoms with Crippen LogP contribution in [0.4, 0.5) is 0 Å². The van der Waals surface area contributed by atoms with Gasteiger partial charge < -0.3 is 9.47 Å². The summed E-state index contributed by atoms with van der Waals surface area (Å²) in [6, 6.07) is 0. The number of rotatable bonds is 5. The highest BCUT2D eigenvalue weighted by molar-refractivity contribution is 9.09. The van der Waals surface area contributed by atoms with Crippen LogP contribution in [-0.2, 0) is 14.3 Å². The number of ether oxygens (including phenoxy) is 2. The second kappa shape index (κ2) is 6.38. The number of alkyl halides is 1. The molecule has 0 N–H and O–H groups in total. The molecule has 0 fully saturated rings. The van der Waals surface area contributed by atoms with Crippen LogP contribution in [0.5, 0.6) is 0 Å². The Morgan fingerprint density at radius 2 is 1.92 bits per heavy atom. The van der Waals surface area contributed by atoms with Gasteiger partial charge >= 0.3 is 5.97 Å². The summed E-state index contributed by atoms with van der Waals surface area (Å²) in [7, 11) is 2.98. The first-order chi connectivity index (χ1) is 6.02. The maximum absolute atomic E-state index is 11.0. The fourth-order valence-corrected chi connectivity index (χ4v) is 1.41. The topological polar surface area (TPSA) is 35.5 Å². The van der Waals surface area contributed by atoms with Crippen molar-refractivity contribution in [1.82, 2.24) is 0 Å². The van der Waals surface area contributed by atoms with Crippen LogP contribution in [0.15, 0.2) is 0 Å². The Balaban J connectivity index is 4.09. The Morgan fingerprint density at radius 1 is 1.38 bits per heavy atom. The summed E-state index contributed by atoms with van der Waals surface area (Å²) in [5.74, 6) is 0.187. The molecular formula is C9H17BrO3. The summed E-state index contributed by atoms with van der Waals surface area (Å²) in [4.78, 5) is 11.2. The smallest absolute Gasteiger partial charge is 0.308 e. The summed E-state index contributed by atoms with van der Waals surface area (Å²) in [6.45, 7) is 4.14. The van der Waals surface area contributed by atoms with Crippen LogP contribution >= 0.6 is 15.9 Å². The van der Waals surface area contributed by atoms with E-state index in [1.54, 1.807) is 7.11 Å². The van der Waals surface area contributed by atoms with Crippen LogP contribution in [0.1, 0.15) is 20.3 Å². The Kier molecular flexibility index (Phi) is 6.33. The van der Waals surface area contributed by atoms with Crippen LogP contribution in [0.3, 0.4) is 0 Å². The maximum atomic E-state index is 11.0. The number of carbonyl (C=O) groups is 1. The Bertz CT molecular complexity index is 159. The molecule has 0 bridgehead atoms. The van der Waals surface area contributed by atoms with Crippen LogP contribution in [-0.4, -0.2) is 31.1 Å². The summed E-state index contributed by atoms with van der Waals surface area (Å²) in [5.41, 5.74) is 0. The summed E-state index contributed by atoms with van der Waals surface area (Å²) < 4.78 is 9.77. The molecule has 0 aromatic heterocycles. The van der Waals surface area contributed by atoms with Crippen molar-refractivity contribution in [2.45, 2.75) is 31.2 Å². The van der Waals surface area contributed by atoms with Gasteiger partial charge in [0.2, 0.25) is 0 Å². The van der Waals surface area contributed by atoms with E-state index in [0.717, 1.165) is 0 Å². The molecule has 0 aliphatic heterocycles. The van der Waals surface area contributed by atoms with Gasteiger partial charge in [0.25, 0.3) is 0 Å². The molecule has 3 nitrogen and oxygen atoms in total. The van der Waals surface area contributed by atoms with E-state index in [-0.39, 0.29) is 16.9 Å². The third kappa shape index (κ3) is 4.62. The fraction of sp³-hybridized carbons (Fsp3) is 0.889. The van der Waals surface area contributed by atoms with E-state index in [9.17, 15) is 4.79 Å². The van der Waals surface area contributed by atoms with Gasteiger partial charge in [0, 0.05) is 11.9 Å². The molecule has 0 aliphatic rings. The highest BCUT2D eigenvalue weighted by Crippen LogP contribution is 2.20. The van der Waals surface area contributed by atoms with Gasteiger partial charge in [-0.2, -0.15) is 0 Å². The lowest BCUT2D eigenvalue weighted by atomic mass is 10.0. The van der Waals surface area contributed by atoms with Gasteiger partial charge in [0.05, 0.1) is 19.6 Å². The van der Waals surface area contributed by atoms with Gasteiger partial charge in [-0.3, -0.25) is 4.79 Å². The number of esters is 1. The van der Waals surface area contributed by atoms with Gasteiger partial charge in [-0.15, -0.1) is 0 Å². The van der Waals surface area contributed by atoms with Crippen LogP contribution in [0.25, 0.3) is 0 Å². The third-order valence-corrected chi connectivity index (χ3v) is 3.54. The molecule has 0 aliphatic carbocycles. The molecule has 13 heavy (non-hydrogen) atoms. The van der Waals surface area contributed by atoms with Gasteiger partial charge in [0.15, 0.2) is 0 Å². The minimum Gasteiger partial charge on any atom is -0.469 e. The second-order valence-electron chi connectivity index (χ2n) is 3.24. The molecular weight excluding hydrogens is 236 g/mol. The normalized spacial score (nSPS) is 15.5. The quantitative estimate of drug-likeness (QED) is 0.555. The number of carbonyl (C=O) groups excluding carboxylic acids is 1. The molecule has 4 heteroatoms. The van der Waals surface area contributed by atoms with Gasteiger partial charge in [0.1, 0.15) is 0 Å². The molecule has 0 radical (unpaired) electrons. The second-order valence-corrected chi connectivity index (χ2v) is 4.30. The summed E-state index contributed by atoms with van der Waals surface area (Å²) in [5, 5.41) is 0. The molecule has 78 valence electrons. The van der Waals surface area contributed by atoms with E-state index >= 15 is 0 Å². The van der Waals surface area contributed by atoms with Crippen LogP contribution in [0.2, 0.25) is 0 Å². The monoisotopic (exact) mass is 252 g/mol.